The first-order chi connectivity index (χ1) is 11.6. The Bertz CT molecular complexity index is 474. The molecule has 0 fully saturated rings. The number of rotatable bonds is 2. The summed E-state index contributed by atoms with van der Waals surface area (Å²) < 4.78 is 11.7. The monoisotopic (exact) mass is 356 g/mol. The fourth-order valence-electron chi connectivity index (χ4n) is 0.958. The van der Waals surface area contributed by atoms with E-state index in [4.69, 9.17) is 11.6 Å². The minimum absolute atomic E-state index is 0.141. The minimum Gasteiger partial charge on any atom is -0.274 e. The van der Waals surface area contributed by atoms with E-state index in [0.717, 1.165) is 0 Å². The van der Waals surface area contributed by atoms with E-state index < -0.39 is 11.3 Å². The van der Waals surface area contributed by atoms with Gasteiger partial charge < -0.3 is 0 Å². The molecule has 0 unspecified atom stereocenters. The van der Waals surface area contributed by atoms with Gasteiger partial charge in [0, 0.05) is 12.4 Å². The van der Waals surface area contributed by atoms with Crippen LogP contribution in [0.2, 0.25) is 0 Å². The molecule has 2 rings (SSSR count). The predicted octanol–water partition coefficient (Wildman–Crippen LogP) is 5.73. The lowest BCUT2D eigenvalue weighted by molar-refractivity contribution is 0.0830. The van der Waals surface area contributed by atoms with Gasteiger partial charge in [-0.15, -0.1) is 0 Å². The molecule has 0 N–H and O–H groups in total. The molecule has 0 amide bonds. The summed E-state index contributed by atoms with van der Waals surface area (Å²) in [5.41, 5.74) is 0.150. The lowest BCUT2D eigenvalue weighted by Crippen LogP contribution is -1.91. The van der Waals surface area contributed by atoms with Gasteiger partial charge in [0.05, 0.1) is 0 Å². The van der Waals surface area contributed by atoms with Gasteiger partial charge in [0.1, 0.15) is 11.4 Å². The number of hydrogen-bond acceptors (Lipinski definition) is 4. The van der Waals surface area contributed by atoms with E-state index in [0.29, 0.717) is 5.69 Å². The Kier molecular flexibility index (Phi) is 23.2. The van der Waals surface area contributed by atoms with Crippen LogP contribution in [0.25, 0.3) is 0 Å². The van der Waals surface area contributed by atoms with Crippen molar-refractivity contribution in [3.63, 3.8) is 0 Å². The van der Waals surface area contributed by atoms with E-state index in [-0.39, 0.29) is 5.69 Å². The fraction of sp³-hybridized carbons (Fsp3) is 0.333. The lowest BCUT2D eigenvalue weighted by atomic mass is 10.4. The predicted molar refractivity (Wildman–Crippen MR) is 98.1 cm³/mol. The Balaban J connectivity index is -0.000000281. The maximum absolute atomic E-state index is 11.7. The molecule has 0 aliphatic heterocycles. The first-order valence-electron chi connectivity index (χ1n) is 7.83. The molecule has 0 saturated heterocycles. The average Bonchev–Trinajstić information content (AvgIpc) is 2.68. The van der Waals surface area contributed by atoms with Crippen molar-refractivity contribution in [3.05, 3.63) is 60.2 Å². The molecule has 24 heavy (non-hydrogen) atoms. The Morgan fingerprint density at radius 2 is 1.17 bits per heavy atom. The molecule has 0 bridgehead atoms. The van der Waals surface area contributed by atoms with Crippen LogP contribution in [0.15, 0.2) is 48.8 Å². The van der Waals surface area contributed by atoms with Crippen LogP contribution in [0.1, 0.15) is 62.5 Å². The van der Waals surface area contributed by atoms with Crippen molar-refractivity contribution in [2.24, 2.45) is 0 Å². The van der Waals surface area contributed by atoms with Crippen LogP contribution >= 0.6 is 11.6 Å². The third-order valence-electron chi connectivity index (χ3n) is 1.73. The highest BCUT2D eigenvalue weighted by molar-refractivity contribution is 6.67. The summed E-state index contributed by atoms with van der Waals surface area (Å²) >= 11 is 5.10. The van der Waals surface area contributed by atoms with E-state index in [2.05, 4.69) is 9.97 Å². The average molecular weight is 357 g/mol. The van der Waals surface area contributed by atoms with Crippen LogP contribution in [0, 0.1) is 0 Å². The van der Waals surface area contributed by atoms with Crippen molar-refractivity contribution in [1.29, 1.82) is 0 Å². The number of pyridine rings is 2. The van der Waals surface area contributed by atoms with Gasteiger partial charge in [-0.2, -0.15) is 4.39 Å². The smallest absolute Gasteiger partial charge is 0.274 e. The van der Waals surface area contributed by atoms with Gasteiger partial charge >= 0.3 is 6.04 Å². The molecule has 2 aromatic rings. The maximum atomic E-state index is 11.7. The van der Waals surface area contributed by atoms with Crippen molar-refractivity contribution in [2.45, 2.75) is 41.5 Å². The van der Waals surface area contributed by atoms with Gasteiger partial charge in [0.25, 0.3) is 5.24 Å². The van der Waals surface area contributed by atoms with E-state index >= 15 is 0 Å². The first kappa shape index (κ1) is 26.7. The molecule has 0 radical (unpaired) electrons. The Morgan fingerprint density at radius 1 is 0.792 bits per heavy atom. The van der Waals surface area contributed by atoms with Crippen molar-refractivity contribution in [3.8, 4) is 0 Å². The van der Waals surface area contributed by atoms with Crippen molar-refractivity contribution in [2.75, 3.05) is 0 Å². The summed E-state index contributed by atoms with van der Waals surface area (Å²) in [6, 6.07) is 8.01. The number of carbonyl (C=O) groups is 2. The van der Waals surface area contributed by atoms with Crippen molar-refractivity contribution in [1.82, 2.24) is 9.97 Å². The Hall–Kier alpha value is -2.14. The second-order valence-corrected chi connectivity index (χ2v) is 3.32. The third kappa shape index (κ3) is 14.8. The van der Waals surface area contributed by atoms with Crippen molar-refractivity contribution >= 4 is 22.9 Å². The zero-order valence-corrected chi connectivity index (χ0v) is 15.8. The molecular formula is C18H26ClFN2O2. The number of carbonyl (C=O) groups excluding carboxylic acids is 2. The molecular weight excluding hydrogens is 331 g/mol. The van der Waals surface area contributed by atoms with Gasteiger partial charge in [0.15, 0.2) is 0 Å². The van der Waals surface area contributed by atoms with Crippen LogP contribution < -0.4 is 0 Å². The molecule has 0 aliphatic rings. The van der Waals surface area contributed by atoms with E-state index in [1.54, 1.807) is 30.3 Å². The third-order valence-corrected chi connectivity index (χ3v) is 1.93. The number of hydrogen-bond donors (Lipinski definition) is 0. The van der Waals surface area contributed by atoms with Gasteiger partial charge in [-0.1, -0.05) is 53.7 Å². The van der Waals surface area contributed by atoms with Crippen LogP contribution in [-0.2, 0) is 0 Å². The Morgan fingerprint density at radius 3 is 1.33 bits per heavy atom. The zero-order valence-electron chi connectivity index (χ0n) is 15.1. The molecule has 0 aromatic carbocycles. The standard InChI is InChI=1S/C6H4ClNO.C6H4FNO.3C2H6/c2*7-6(9)5-3-1-2-4-8-5;3*1-2/h2*1-4H;3*1-2H3. The molecule has 0 saturated carbocycles. The summed E-state index contributed by atoms with van der Waals surface area (Å²) in [7, 11) is 0. The highest BCUT2D eigenvalue weighted by Crippen LogP contribution is 1.96. The summed E-state index contributed by atoms with van der Waals surface area (Å²) in [5.74, 6) is 0. The van der Waals surface area contributed by atoms with Crippen LogP contribution in [0.3, 0.4) is 0 Å². The van der Waals surface area contributed by atoms with Gasteiger partial charge in [-0.3, -0.25) is 19.6 Å². The van der Waals surface area contributed by atoms with Crippen LogP contribution in [0.4, 0.5) is 4.39 Å². The lowest BCUT2D eigenvalue weighted by Gasteiger charge is -1.86. The number of halogens is 2. The normalized spacial score (nSPS) is 7.50. The minimum atomic E-state index is -1.49. The van der Waals surface area contributed by atoms with E-state index in [9.17, 15) is 14.0 Å². The van der Waals surface area contributed by atoms with Crippen LogP contribution in [-0.4, -0.2) is 21.2 Å². The molecule has 134 valence electrons. The Labute approximate surface area is 149 Å². The summed E-state index contributed by atoms with van der Waals surface area (Å²) in [6.07, 6.45) is 2.89. The SMILES string of the molecule is CC.CC.CC.O=C(Cl)c1ccccn1.O=C(F)c1ccccn1. The largest absolute Gasteiger partial charge is 0.350 e. The summed E-state index contributed by atoms with van der Waals surface area (Å²) in [5, 5.41) is -0.518. The van der Waals surface area contributed by atoms with Gasteiger partial charge in [-0.25, -0.2) is 0 Å². The van der Waals surface area contributed by atoms with E-state index in [1.165, 1.54) is 18.5 Å². The molecule has 2 heterocycles. The molecule has 2 aromatic heterocycles. The quantitative estimate of drug-likeness (QED) is 0.644. The number of nitrogens with zero attached hydrogens (tertiary/aromatic N) is 2. The van der Waals surface area contributed by atoms with Gasteiger partial charge in [-0.05, 0) is 35.9 Å². The molecule has 0 atom stereocenters. The summed E-state index contributed by atoms with van der Waals surface area (Å²) in [4.78, 5) is 27.4. The molecule has 0 spiro atoms. The fourth-order valence-corrected chi connectivity index (χ4v) is 1.07. The molecule has 4 nitrogen and oxygen atoms in total. The first-order valence-corrected chi connectivity index (χ1v) is 8.21. The van der Waals surface area contributed by atoms with Crippen molar-refractivity contribution < 1.29 is 14.0 Å². The van der Waals surface area contributed by atoms with Gasteiger partial charge in [0.2, 0.25) is 0 Å². The highest BCUT2D eigenvalue weighted by atomic mass is 35.5. The maximum Gasteiger partial charge on any atom is 0.350 e. The highest BCUT2D eigenvalue weighted by Gasteiger charge is 2.00. The molecule has 6 heteroatoms. The molecule has 0 aliphatic carbocycles. The summed E-state index contributed by atoms with van der Waals surface area (Å²) in [6.45, 7) is 12.0. The number of aromatic nitrogens is 2. The van der Waals surface area contributed by atoms with Crippen LogP contribution in [0.5, 0.6) is 0 Å². The zero-order chi connectivity index (χ0) is 19.4. The second-order valence-electron chi connectivity index (χ2n) is 2.98. The van der Waals surface area contributed by atoms with E-state index in [1.807, 2.05) is 41.5 Å². The topological polar surface area (TPSA) is 59.9 Å². The second kappa shape index (κ2) is 20.9.